The third-order valence-corrected chi connectivity index (χ3v) is 13.6. The molecule has 0 amide bonds. The van der Waals surface area contributed by atoms with E-state index in [0.29, 0.717) is 19.3 Å². The highest BCUT2D eigenvalue weighted by Gasteiger charge is 2.19. The highest BCUT2D eigenvalue weighted by atomic mass is 16.6. The summed E-state index contributed by atoms with van der Waals surface area (Å²) in [7, 11) is 0. The highest BCUT2D eigenvalue weighted by molar-refractivity contribution is 5.71. The zero-order valence-corrected chi connectivity index (χ0v) is 46.3. The summed E-state index contributed by atoms with van der Waals surface area (Å²) >= 11 is 0. The lowest BCUT2D eigenvalue weighted by molar-refractivity contribution is -0.167. The van der Waals surface area contributed by atoms with Gasteiger partial charge >= 0.3 is 17.9 Å². The Morgan fingerprint density at radius 1 is 0.290 bits per heavy atom. The van der Waals surface area contributed by atoms with Crippen LogP contribution in [0.3, 0.4) is 0 Å². The van der Waals surface area contributed by atoms with Gasteiger partial charge in [-0.3, -0.25) is 14.4 Å². The molecular formula is C63H116O6. The topological polar surface area (TPSA) is 78.9 Å². The summed E-state index contributed by atoms with van der Waals surface area (Å²) in [5.74, 6) is -0.856. The van der Waals surface area contributed by atoms with Crippen LogP contribution in [0.25, 0.3) is 0 Å². The number of unbranched alkanes of at least 4 members (excludes halogenated alkanes) is 39. The van der Waals surface area contributed by atoms with Gasteiger partial charge in [0.2, 0.25) is 0 Å². The van der Waals surface area contributed by atoms with Gasteiger partial charge in [0.25, 0.3) is 0 Å². The fraction of sp³-hybridized carbons (Fsp3) is 0.857. The van der Waals surface area contributed by atoms with Crippen molar-refractivity contribution in [3.63, 3.8) is 0 Å². The number of allylic oxidation sites excluding steroid dienone is 6. The number of esters is 3. The summed E-state index contributed by atoms with van der Waals surface area (Å²) < 4.78 is 16.9. The molecular weight excluding hydrogens is 853 g/mol. The van der Waals surface area contributed by atoms with E-state index in [2.05, 4.69) is 57.2 Å². The minimum Gasteiger partial charge on any atom is -0.462 e. The molecule has 6 nitrogen and oxygen atoms in total. The van der Waals surface area contributed by atoms with E-state index in [1.54, 1.807) is 0 Å². The molecule has 6 heteroatoms. The van der Waals surface area contributed by atoms with Gasteiger partial charge in [0.1, 0.15) is 13.2 Å². The van der Waals surface area contributed by atoms with Crippen LogP contribution >= 0.6 is 0 Å². The molecule has 0 rings (SSSR count). The first-order chi connectivity index (χ1) is 34.0. The van der Waals surface area contributed by atoms with Crippen LogP contribution in [0.5, 0.6) is 0 Å². The monoisotopic (exact) mass is 969 g/mol. The zero-order chi connectivity index (χ0) is 50.0. The molecule has 0 heterocycles. The maximum absolute atomic E-state index is 12.9. The Balaban J connectivity index is 4.32. The first-order valence-electron chi connectivity index (χ1n) is 30.5. The predicted octanol–water partition coefficient (Wildman–Crippen LogP) is 20.4. The van der Waals surface area contributed by atoms with Gasteiger partial charge in [-0.05, 0) is 77.0 Å². The van der Waals surface area contributed by atoms with Crippen LogP contribution in [0.2, 0.25) is 0 Å². The molecule has 0 saturated carbocycles. The predicted molar refractivity (Wildman–Crippen MR) is 298 cm³/mol. The number of carbonyl (C=O) groups excluding carboxylic acids is 3. The van der Waals surface area contributed by atoms with Crippen LogP contribution in [0.15, 0.2) is 36.5 Å². The van der Waals surface area contributed by atoms with Crippen molar-refractivity contribution in [2.45, 2.75) is 335 Å². The normalized spacial score (nSPS) is 12.2. The Hall–Kier alpha value is -2.37. The molecule has 0 unspecified atom stereocenters. The molecule has 0 spiro atoms. The van der Waals surface area contributed by atoms with Crippen LogP contribution in [0.1, 0.15) is 329 Å². The SMILES string of the molecule is CCCCC/C=C/C/C=C/CCCCCCCCCCCC(=O)OC[C@@H](COC(=O)CCCCCCCCCCCCCCC)OC(=O)CCCCCCCCCCC/C=C/CCCCCCCC. The standard InChI is InChI=1S/C63H116O6/c1-4-7-10-13-16-19-22-25-27-29-31-33-35-38-41-44-47-50-53-56-62(65)68-59-60(58-67-61(64)55-52-49-46-43-40-37-24-21-18-15-12-9-6-3)69-63(66)57-54-51-48-45-42-39-36-34-32-30-28-26-23-20-17-14-11-8-5-2/h16,19,25-28,60H,4-15,17-18,20-24,29-59H2,1-3H3/b19-16+,27-25+,28-26+/t60-/m1/s1. The largest absolute Gasteiger partial charge is 0.462 e. The minimum absolute atomic E-state index is 0.0701. The lowest BCUT2D eigenvalue weighted by Crippen LogP contribution is -2.30. The molecule has 404 valence electrons. The van der Waals surface area contributed by atoms with Gasteiger partial charge in [0.05, 0.1) is 0 Å². The summed E-state index contributed by atoms with van der Waals surface area (Å²) in [6.45, 7) is 6.65. The number of carbonyl (C=O) groups is 3. The second-order valence-electron chi connectivity index (χ2n) is 20.6. The van der Waals surface area contributed by atoms with Crippen molar-refractivity contribution in [1.29, 1.82) is 0 Å². The zero-order valence-electron chi connectivity index (χ0n) is 46.3. The van der Waals surface area contributed by atoms with E-state index in [1.807, 2.05) is 0 Å². The van der Waals surface area contributed by atoms with Crippen LogP contribution in [-0.2, 0) is 28.6 Å². The fourth-order valence-electron chi connectivity index (χ4n) is 9.00. The summed E-state index contributed by atoms with van der Waals surface area (Å²) in [6, 6.07) is 0. The van der Waals surface area contributed by atoms with Crippen molar-refractivity contribution >= 4 is 17.9 Å². The summed E-state index contributed by atoms with van der Waals surface area (Å²) in [5, 5.41) is 0. The number of hydrogen-bond acceptors (Lipinski definition) is 6. The fourth-order valence-corrected chi connectivity index (χ4v) is 9.00. The lowest BCUT2D eigenvalue weighted by atomic mass is 10.0. The molecule has 0 aromatic carbocycles. The Bertz CT molecular complexity index is 1160. The molecule has 0 aliphatic rings. The molecule has 0 aromatic heterocycles. The minimum atomic E-state index is -0.772. The van der Waals surface area contributed by atoms with Crippen LogP contribution in [-0.4, -0.2) is 37.2 Å². The lowest BCUT2D eigenvalue weighted by Gasteiger charge is -2.18. The van der Waals surface area contributed by atoms with Crippen molar-refractivity contribution < 1.29 is 28.6 Å². The van der Waals surface area contributed by atoms with Gasteiger partial charge < -0.3 is 14.2 Å². The molecule has 0 radical (unpaired) electrons. The maximum atomic E-state index is 12.9. The molecule has 0 fully saturated rings. The quantitative estimate of drug-likeness (QED) is 0.0261. The van der Waals surface area contributed by atoms with E-state index in [9.17, 15) is 14.4 Å². The van der Waals surface area contributed by atoms with E-state index in [1.165, 1.54) is 225 Å². The van der Waals surface area contributed by atoms with Gasteiger partial charge in [-0.15, -0.1) is 0 Å². The van der Waals surface area contributed by atoms with E-state index in [0.717, 1.165) is 64.2 Å². The van der Waals surface area contributed by atoms with Crippen molar-refractivity contribution in [3.8, 4) is 0 Å². The second kappa shape index (κ2) is 58.2. The molecule has 0 bridgehead atoms. The first kappa shape index (κ1) is 66.6. The van der Waals surface area contributed by atoms with Gasteiger partial charge in [0.15, 0.2) is 6.10 Å². The van der Waals surface area contributed by atoms with Crippen LogP contribution in [0.4, 0.5) is 0 Å². The Morgan fingerprint density at radius 2 is 0.522 bits per heavy atom. The Labute approximate surface area is 429 Å². The smallest absolute Gasteiger partial charge is 0.306 e. The van der Waals surface area contributed by atoms with E-state index < -0.39 is 6.10 Å². The van der Waals surface area contributed by atoms with Crippen LogP contribution < -0.4 is 0 Å². The molecule has 69 heavy (non-hydrogen) atoms. The van der Waals surface area contributed by atoms with Crippen molar-refractivity contribution in [2.75, 3.05) is 13.2 Å². The molecule has 1 atom stereocenters. The number of hydrogen-bond donors (Lipinski definition) is 0. The summed E-state index contributed by atoms with van der Waals surface area (Å²) in [6.07, 6.45) is 69.9. The molecule has 0 saturated heterocycles. The summed E-state index contributed by atoms with van der Waals surface area (Å²) in [5.41, 5.74) is 0. The van der Waals surface area contributed by atoms with Gasteiger partial charge in [0, 0.05) is 19.3 Å². The molecule has 0 aliphatic carbocycles. The van der Waals surface area contributed by atoms with Gasteiger partial charge in [-0.2, -0.15) is 0 Å². The Kier molecular flexibility index (Phi) is 56.2. The number of rotatable bonds is 56. The van der Waals surface area contributed by atoms with Crippen molar-refractivity contribution in [1.82, 2.24) is 0 Å². The second-order valence-corrected chi connectivity index (χ2v) is 20.6. The molecule has 0 aliphatic heterocycles. The molecule has 0 aromatic rings. The van der Waals surface area contributed by atoms with Crippen molar-refractivity contribution in [2.24, 2.45) is 0 Å². The van der Waals surface area contributed by atoms with E-state index >= 15 is 0 Å². The summed E-state index contributed by atoms with van der Waals surface area (Å²) in [4.78, 5) is 38.2. The highest BCUT2D eigenvalue weighted by Crippen LogP contribution is 2.17. The third-order valence-electron chi connectivity index (χ3n) is 13.6. The third kappa shape index (κ3) is 56.4. The van der Waals surface area contributed by atoms with Gasteiger partial charge in [-0.25, -0.2) is 0 Å². The van der Waals surface area contributed by atoms with Gasteiger partial charge in [-0.1, -0.05) is 269 Å². The van der Waals surface area contributed by atoms with Crippen molar-refractivity contribution in [3.05, 3.63) is 36.5 Å². The average molecular weight is 970 g/mol. The van der Waals surface area contributed by atoms with E-state index in [4.69, 9.17) is 14.2 Å². The number of ether oxygens (including phenoxy) is 3. The van der Waals surface area contributed by atoms with Crippen LogP contribution in [0, 0.1) is 0 Å². The van der Waals surface area contributed by atoms with E-state index in [-0.39, 0.29) is 31.1 Å². The molecule has 0 N–H and O–H groups in total. The Morgan fingerprint density at radius 3 is 0.841 bits per heavy atom. The average Bonchev–Trinajstić information content (AvgIpc) is 3.35. The maximum Gasteiger partial charge on any atom is 0.306 e. The first-order valence-corrected chi connectivity index (χ1v) is 30.5.